The van der Waals surface area contributed by atoms with E-state index in [4.69, 9.17) is 11.6 Å². The molecule has 2 heterocycles. The van der Waals surface area contributed by atoms with E-state index in [1.54, 1.807) is 6.20 Å². The maximum atomic E-state index is 12.9. The Labute approximate surface area is 146 Å². The Morgan fingerprint density at radius 1 is 1.26 bits per heavy atom. The molecule has 1 aliphatic carbocycles. The number of halogens is 1. The summed E-state index contributed by atoms with van der Waals surface area (Å²) < 4.78 is 0.597. The van der Waals surface area contributed by atoms with Crippen molar-refractivity contribution in [2.45, 2.75) is 57.5 Å². The van der Waals surface area contributed by atoms with Gasteiger partial charge < -0.3 is 10.2 Å². The van der Waals surface area contributed by atoms with E-state index >= 15 is 0 Å². The van der Waals surface area contributed by atoms with Gasteiger partial charge in [0, 0.05) is 12.1 Å². The van der Waals surface area contributed by atoms with Gasteiger partial charge in [0.15, 0.2) is 5.13 Å². The van der Waals surface area contributed by atoms with Crippen LogP contribution in [0.25, 0.3) is 0 Å². The molecule has 0 radical (unpaired) electrons. The minimum atomic E-state index is -0.0116. The Morgan fingerprint density at radius 2 is 1.91 bits per heavy atom. The number of amides is 2. The highest BCUT2D eigenvalue weighted by Gasteiger charge is 2.33. The van der Waals surface area contributed by atoms with Crippen molar-refractivity contribution in [2.24, 2.45) is 5.92 Å². The van der Waals surface area contributed by atoms with Crippen molar-refractivity contribution >= 4 is 34.1 Å². The summed E-state index contributed by atoms with van der Waals surface area (Å²) in [5.74, 6) is 0.780. The van der Waals surface area contributed by atoms with Crippen LogP contribution < -0.4 is 10.6 Å². The Bertz CT molecular complexity index is 524. The van der Waals surface area contributed by atoms with E-state index in [0.717, 1.165) is 44.7 Å². The first kappa shape index (κ1) is 17.0. The van der Waals surface area contributed by atoms with E-state index in [9.17, 15) is 4.79 Å². The second-order valence-electron chi connectivity index (χ2n) is 6.70. The van der Waals surface area contributed by atoms with Crippen molar-refractivity contribution in [1.29, 1.82) is 0 Å². The van der Waals surface area contributed by atoms with Gasteiger partial charge in [-0.2, -0.15) is 0 Å². The molecule has 0 bridgehead atoms. The average molecular weight is 357 g/mol. The van der Waals surface area contributed by atoms with Crippen LogP contribution in [0.15, 0.2) is 6.20 Å². The number of urea groups is 1. The molecule has 0 unspecified atom stereocenters. The van der Waals surface area contributed by atoms with E-state index in [1.807, 2.05) is 0 Å². The summed E-state index contributed by atoms with van der Waals surface area (Å²) in [6.45, 7) is 4.28. The predicted octanol–water partition coefficient (Wildman–Crippen LogP) is 3.96. The van der Waals surface area contributed by atoms with Gasteiger partial charge in [0.05, 0.1) is 6.20 Å². The van der Waals surface area contributed by atoms with Crippen LogP contribution in [0.4, 0.5) is 9.93 Å². The Balaban J connectivity index is 1.71. The first-order valence-electron chi connectivity index (χ1n) is 8.55. The van der Waals surface area contributed by atoms with E-state index in [1.165, 1.54) is 24.2 Å². The number of carbonyl (C=O) groups excluding carboxylic acids is 1. The summed E-state index contributed by atoms with van der Waals surface area (Å²) >= 11 is 7.23. The molecule has 0 atom stereocenters. The highest BCUT2D eigenvalue weighted by Crippen LogP contribution is 2.31. The molecule has 2 amide bonds. The molecule has 7 heteroatoms. The Kier molecular flexibility index (Phi) is 5.77. The van der Waals surface area contributed by atoms with Gasteiger partial charge in [-0.05, 0) is 57.5 Å². The average Bonchev–Trinajstić information content (AvgIpc) is 2.95. The number of anilines is 1. The number of nitrogens with one attached hydrogen (secondary N) is 2. The van der Waals surface area contributed by atoms with Gasteiger partial charge in [-0.15, -0.1) is 0 Å². The van der Waals surface area contributed by atoms with Crippen molar-refractivity contribution in [1.82, 2.24) is 15.2 Å². The molecule has 23 heavy (non-hydrogen) atoms. The molecule has 1 aliphatic heterocycles. The van der Waals surface area contributed by atoms with Gasteiger partial charge in [0.25, 0.3) is 0 Å². The normalized spacial score (nSPS) is 26.0. The topological polar surface area (TPSA) is 57.3 Å². The summed E-state index contributed by atoms with van der Waals surface area (Å²) in [5, 5.41) is 6.93. The lowest BCUT2D eigenvalue weighted by Gasteiger charge is -2.42. The van der Waals surface area contributed by atoms with Crippen LogP contribution in [0, 0.1) is 5.92 Å². The van der Waals surface area contributed by atoms with Crippen molar-refractivity contribution in [3.8, 4) is 0 Å². The van der Waals surface area contributed by atoms with E-state index in [-0.39, 0.29) is 6.03 Å². The zero-order valence-electron chi connectivity index (χ0n) is 13.6. The van der Waals surface area contributed by atoms with Crippen LogP contribution in [0.2, 0.25) is 4.34 Å². The number of piperidine rings is 1. The smallest absolute Gasteiger partial charge is 0.318 e. The number of rotatable bonds is 3. The molecule has 1 saturated heterocycles. The van der Waals surface area contributed by atoms with Crippen molar-refractivity contribution < 1.29 is 4.79 Å². The number of hydrogen-bond acceptors (Lipinski definition) is 4. The maximum absolute atomic E-state index is 12.9. The first-order valence-corrected chi connectivity index (χ1v) is 9.74. The maximum Gasteiger partial charge on any atom is 0.324 e. The largest absolute Gasteiger partial charge is 0.324 e. The summed E-state index contributed by atoms with van der Waals surface area (Å²) in [7, 11) is 0. The molecule has 5 nitrogen and oxygen atoms in total. The van der Waals surface area contributed by atoms with E-state index < -0.39 is 0 Å². The van der Waals surface area contributed by atoms with Crippen LogP contribution in [0.3, 0.4) is 0 Å². The van der Waals surface area contributed by atoms with Crippen LogP contribution >= 0.6 is 22.9 Å². The van der Waals surface area contributed by atoms with Gasteiger partial charge in [0.2, 0.25) is 0 Å². The zero-order chi connectivity index (χ0) is 16.2. The molecule has 0 aromatic carbocycles. The molecule has 2 aliphatic rings. The summed E-state index contributed by atoms with van der Waals surface area (Å²) in [6, 6.07) is 0.664. The summed E-state index contributed by atoms with van der Waals surface area (Å²) in [6.07, 6.45) is 8.27. The van der Waals surface area contributed by atoms with Crippen molar-refractivity contribution in [3.63, 3.8) is 0 Å². The van der Waals surface area contributed by atoms with Crippen molar-refractivity contribution in [2.75, 3.05) is 18.4 Å². The minimum Gasteiger partial charge on any atom is -0.318 e. The fraction of sp³-hybridized carbons (Fsp3) is 0.750. The van der Waals surface area contributed by atoms with E-state index in [0.29, 0.717) is 21.6 Å². The van der Waals surface area contributed by atoms with Crippen molar-refractivity contribution in [3.05, 3.63) is 10.5 Å². The van der Waals surface area contributed by atoms with Crippen LogP contribution in [0.1, 0.15) is 45.4 Å². The highest BCUT2D eigenvalue weighted by molar-refractivity contribution is 7.19. The quantitative estimate of drug-likeness (QED) is 0.861. The lowest BCUT2D eigenvalue weighted by Crippen LogP contribution is -2.53. The number of carbonyl (C=O) groups is 1. The minimum absolute atomic E-state index is 0.0116. The van der Waals surface area contributed by atoms with Gasteiger partial charge in [0.1, 0.15) is 4.34 Å². The van der Waals surface area contributed by atoms with Gasteiger partial charge in [-0.25, -0.2) is 9.78 Å². The van der Waals surface area contributed by atoms with Gasteiger partial charge in [-0.1, -0.05) is 29.9 Å². The monoisotopic (exact) mass is 356 g/mol. The van der Waals surface area contributed by atoms with Crippen LogP contribution in [-0.4, -0.2) is 41.1 Å². The summed E-state index contributed by atoms with van der Waals surface area (Å²) in [5.41, 5.74) is 0. The molecule has 1 aromatic heterocycles. The van der Waals surface area contributed by atoms with Gasteiger partial charge >= 0.3 is 6.03 Å². The molecule has 1 aromatic rings. The van der Waals surface area contributed by atoms with Crippen LogP contribution in [-0.2, 0) is 0 Å². The van der Waals surface area contributed by atoms with E-state index in [2.05, 4.69) is 27.4 Å². The fourth-order valence-corrected chi connectivity index (χ4v) is 4.51. The molecule has 0 spiro atoms. The first-order chi connectivity index (χ1) is 11.1. The standard InChI is InChI=1S/C16H25ClN4OS/c1-11-2-4-12(5-3-11)21(13-6-8-18-9-7-13)16(22)20-15-19-10-14(17)23-15/h10-13,18H,2-9H2,1H3,(H,19,20,22). The second kappa shape index (κ2) is 7.81. The Hall–Kier alpha value is -0.850. The number of nitrogens with zero attached hydrogens (tertiary/aromatic N) is 2. The second-order valence-corrected chi connectivity index (χ2v) is 8.36. The SMILES string of the molecule is CC1CCC(N(C(=O)Nc2ncc(Cl)s2)C2CCNCC2)CC1. The fourth-order valence-electron chi connectivity index (χ4n) is 3.70. The molecular formula is C16H25ClN4OS. The number of hydrogen-bond donors (Lipinski definition) is 2. The van der Waals surface area contributed by atoms with Crippen LogP contribution in [0.5, 0.6) is 0 Å². The third-order valence-electron chi connectivity index (χ3n) is 5.01. The number of aromatic nitrogens is 1. The molecule has 128 valence electrons. The molecule has 2 N–H and O–H groups in total. The zero-order valence-corrected chi connectivity index (χ0v) is 15.1. The van der Waals surface area contributed by atoms with Gasteiger partial charge in [-0.3, -0.25) is 5.32 Å². The summed E-state index contributed by atoms with van der Waals surface area (Å²) in [4.78, 5) is 19.2. The lowest BCUT2D eigenvalue weighted by molar-refractivity contribution is 0.108. The molecule has 1 saturated carbocycles. The highest BCUT2D eigenvalue weighted by atomic mass is 35.5. The third kappa shape index (κ3) is 4.37. The Morgan fingerprint density at radius 3 is 2.52 bits per heavy atom. The lowest BCUT2D eigenvalue weighted by atomic mass is 9.85. The number of thiazole rings is 1. The molecule has 3 rings (SSSR count). The molecule has 2 fully saturated rings. The third-order valence-corrected chi connectivity index (χ3v) is 6.04. The predicted molar refractivity (Wildman–Crippen MR) is 95.3 cm³/mol. The molecular weight excluding hydrogens is 332 g/mol.